The lowest BCUT2D eigenvalue weighted by Gasteiger charge is -2.12. The predicted molar refractivity (Wildman–Crippen MR) is 69.8 cm³/mol. The molecule has 0 spiro atoms. The Balaban J connectivity index is 2.51. The van der Waals surface area contributed by atoms with Crippen molar-refractivity contribution in [2.75, 3.05) is 6.54 Å². The Morgan fingerprint density at radius 2 is 2.16 bits per heavy atom. The van der Waals surface area contributed by atoms with Crippen LogP contribution in [0.15, 0.2) is 18.2 Å². The number of halogens is 2. The van der Waals surface area contributed by atoms with Crippen molar-refractivity contribution in [1.29, 1.82) is 0 Å². The summed E-state index contributed by atoms with van der Waals surface area (Å²) in [5, 5.41) is 10.9. The van der Waals surface area contributed by atoms with Gasteiger partial charge in [-0.3, -0.25) is 9.59 Å². The third-order valence-corrected chi connectivity index (χ3v) is 3.04. The van der Waals surface area contributed by atoms with Gasteiger partial charge in [0.1, 0.15) is 5.82 Å². The second-order valence-electron chi connectivity index (χ2n) is 4.35. The number of nitrogens with one attached hydrogen (secondary N) is 1. The number of hydrogen-bond acceptors (Lipinski definition) is 2. The molecule has 1 atom stereocenters. The van der Waals surface area contributed by atoms with Crippen LogP contribution in [-0.2, 0) is 4.79 Å². The summed E-state index contributed by atoms with van der Waals surface area (Å²) in [4.78, 5) is 22.2. The molecule has 104 valence electrons. The van der Waals surface area contributed by atoms with E-state index >= 15 is 0 Å². The van der Waals surface area contributed by atoms with Gasteiger partial charge in [0.05, 0.1) is 10.6 Å². The second kappa shape index (κ2) is 7.09. The first-order valence-corrected chi connectivity index (χ1v) is 6.23. The topological polar surface area (TPSA) is 66.4 Å². The number of rotatable bonds is 6. The lowest BCUT2D eigenvalue weighted by atomic mass is 10.1. The highest BCUT2D eigenvalue weighted by molar-refractivity contribution is 6.34. The van der Waals surface area contributed by atoms with Crippen LogP contribution in [0, 0.1) is 11.7 Å². The normalized spacial score (nSPS) is 11.9. The van der Waals surface area contributed by atoms with Crippen molar-refractivity contribution in [3.8, 4) is 0 Å². The number of amides is 1. The van der Waals surface area contributed by atoms with E-state index in [9.17, 15) is 14.0 Å². The van der Waals surface area contributed by atoms with Gasteiger partial charge in [0.25, 0.3) is 5.91 Å². The average molecular weight is 288 g/mol. The lowest BCUT2D eigenvalue weighted by molar-refractivity contribution is -0.137. The Morgan fingerprint density at radius 3 is 2.79 bits per heavy atom. The van der Waals surface area contributed by atoms with Crippen LogP contribution in [0.25, 0.3) is 0 Å². The van der Waals surface area contributed by atoms with Crippen molar-refractivity contribution in [2.45, 2.75) is 19.8 Å². The van der Waals surface area contributed by atoms with Crippen LogP contribution >= 0.6 is 11.6 Å². The van der Waals surface area contributed by atoms with Crippen molar-refractivity contribution in [3.05, 3.63) is 34.6 Å². The molecule has 0 heterocycles. The van der Waals surface area contributed by atoms with E-state index in [2.05, 4.69) is 5.32 Å². The Labute approximate surface area is 115 Å². The molecule has 1 unspecified atom stereocenters. The van der Waals surface area contributed by atoms with Crippen LogP contribution in [0.3, 0.4) is 0 Å². The van der Waals surface area contributed by atoms with Gasteiger partial charge in [-0.2, -0.15) is 0 Å². The fourth-order valence-corrected chi connectivity index (χ4v) is 1.73. The first kappa shape index (κ1) is 15.4. The first-order chi connectivity index (χ1) is 8.91. The van der Waals surface area contributed by atoms with E-state index in [1.807, 2.05) is 6.92 Å². The van der Waals surface area contributed by atoms with Gasteiger partial charge >= 0.3 is 5.97 Å². The molecular formula is C13H15ClFNO3. The number of carbonyl (C=O) groups excluding carboxylic acids is 1. The summed E-state index contributed by atoms with van der Waals surface area (Å²) >= 11 is 5.69. The minimum atomic E-state index is -0.869. The van der Waals surface area contributed by atoms with Crippen molar-refractivity contribution >= 4 is 23.5 Å². The van der Waals surface area contributed by atoms with Gasteiger partial charge in [0.2, 0.25) is 0 Å². The second-order valence-corrected chi connectivity index (χ2v) is 4.73. The third kappa shape index (κ3) is 4.87. The third-order valence-electron chi connectivity index (χ3n) is 2.66. The summed E-state index contributed by atoms with van der Waals surface area (Å²) in [6.45, 7) is 2.15. The number of carbonyl (C=O) groups is 2. The van der Waals surface area contributed by atoms with E-state index in [1.54, 1.807) is 0 Å². The number of hydrogen-bond donors (Lipinski definition) is 2. The minimum Gasteiger partial charge on any atom is -0.481 e. The fourth-order valence-electron chi connectivity index (χ4n) is 1.51. The van der Waals surface area contributed by atoms with Crippen LogP contribution in [0.1, 0.15) is 30.1 Å². The largest absolute Gasteiger partial charge is 0.481 e. The van der Waals surface area contributed by atoms with Crippen LogP contribution in [0.4, 0.5) is 4.39 Å². The molecule has 6 heteroatoms. The zero-order valence-electron chi connectivity index (χ0n) is 10.5. The highest BCUT2D eigenvalue weighted by atomic mass is 35.5. The number of carboxylic acids is 1. The summed E-state index contributed by atoms with van der Waals surface area (Å²) in [5.74, 6) is -1.96. The summed E-state index contributed by atoms with van der Waals surface area (Å²) in [6, 6.07) is 4.02. The molecule has 0 aromatic heterocycles. The summed E-state index contributed by atoms with van der Waals surface area (Å²) in [7, 11) is 0. The molecule has 19 heavy (non-hydrogen) atoms. The zero-order chi connectivity index (χ0) is 14.4. The van der Waals surface area contributed by atoms with Gasteiger partial charge in [0.15, 0.2) is 0 Å². The maximum absolute atomic E-state index is 13.2. The Morgan fingerprint density at radius 1 is 1.47 bits per heavy atom. The highest BCUT2D eigenvalue weighted by Gasteiger charge is 2.14. The van der Waals surface area contributed by atoms with E-state index in [-0.39, 0.29) is 22.9 Å². The van der Waals surface area contributed by atoms with E-state index in [1.165, 1.54) is 18.2 Å². The SMILES string of the molecule is CC(CCC(=O)O)CNC(=O)c1cccc(F)c1Cl. The molecule has 0 bridgehead atoms. The van der Waals surface area contributed by atoms with Crippen molar-refractivity contribution in [2.24, 2.45) is 5.92 Å². The Hall–Kier alpha value is -1.62. The zero-order valence-corrected chi connectivity index (χ0v) is 11.2. The molecular weight excluding hydrogens is 273 g/mol. The van der Waals surface area contributed by atoms with Crippen LogP contribution < -0.4 is 5.32 Å². The first-order valence-electron chi connectivity index (χ1n) is 5.85. The van der Waals surface area contributed by atoms with Crippen LogP contribution in [0.2, 0.25) is 5.02 Å². The van der Waals surface area contributed by atoms with Gasteiger partial charge in [-0.1, -0.05) is 24.6 Å². The highest BCUT2D eigenvalue weighted by Crippen LogP contribution is 2.19. The van der Waals surface area contributed by atoms with E-state index in [0.29, 0.717) is 13.0 Å². The lowest BCUT2D eigenvalue weighted by Crippen LogP contribution is -2.28. The van der Waals surface area contributed by atoms with Gasteiger partial charge in [0, 0.05) is 13.0 Å². The van der Waals surface area contributed by atoms with E-state index < -0.39 is 17.7 Å². The smallest absolute Gasteiger partial charge is 0.303 e. The quantitative estimate of drug-likeness (QED) is 0.845. The molecule has 0 fully saturated rings. The summed E-state index contributed by atoms with van der Waals surface area (Å²) in [6.07, 6.45) is 0.518. The summed E-state index contributed by atoms with van der Waals surface area (Å²) < 4.78 is 13.2. The number of aliphatic carboxylic acids is 1. The fraction of sp³-hybridized carbons (Fsp3) is 0.385. The standard InChI is InChI=1S/C13H15ClFNO3/c1-8(5-6-11(17)18)7-16-13(19)9-3-2-4-10(15)12(9)14/h2-4,8H,5-7H2,1H3,(H,16,19)(H,17,18). The molecule has 0 aliphatic heterocycles. The van der Waals surface area contributed by atoms with Crippen LogP contribution in [-0.4, -0.2) is 23.5 Å². The molecule has 0 saturated heterocycles. The average Bonchev–Trinajstić information content (AvgIpc) is 2.36. The Bertz CT molecular complexity index is 479. The van der Waals surface area contributed by atoms with Gasteiger partial charge in [-0.25, -0.2) is 4.39 Å². The minimum absolute atomic E-state index is 0.0207. The predicted octanol–water partition coefficient (Wildman–Crippen LogP) is 2.71. The molecule has 0 aliphatic carbocycles. The van der Waals surface area contributed by atoms with Crippen LogP contribution in [0.5, 0.6) is 0 Å². The maximum Gasteiger partial charge on any atom is 0.303 e. The molecule has 4 nitrogen and oxygen atoms in total. The molecule has 0 aliphatic rings. The molecule has 1 aromatic rings. The summed E-state index contributed by atoms with van der Waals surface area (Å²) in [5.41, 5.74) is 0.0760. The maximum atomic E-state index is 13.2. The molecule has 1 rings (SSSR count). The Kier molecular flexibility index (Phi) is 5.76. The molecule has 2 N–H and O–H groups in total. The van der Waals surface area contributed by atoms with E-state index in [4.69, 9.17) is 16.7 Å². The van der Waals surface area contributed by atoms with Gasteiger partial charge in [-0.05, 0) is 24.5 Å². The van der Waals surface area contributed by atoms with Crippen molar-refractivity contribution in [3.63, 3.8) is 0 Å². The van der Waals surface area contributed by atoms with Gasteiger partial charge < -0.3 is 10.4 Å². The molecule has 0 saturated carbocycles. The van der Waals surface area contributed by atoms with E-state index in [0.717, 1.165) is 0 Å². The van der Waals surface area contributed by atoms with Crippen molar-refractivity contribution < 1.29 is 19.1 Å². The van der Waals surface area contributed by atoms with Gasteiger partial charge in [-0.15, -0.1) is 0 Å². The molecule has 0 radical (unpaired) electrons. The van der Waals surface area contributed by atoms with Crippen molar-refractivity contribution in [1.82, 2.24) is 5.32 Å². The molecule has 1 aromatic carbocycles. The number of benzene rings is 1. The molecule has 1 amide bonds. The monoisotopic (exact) mass is 287 g/mol. The number of carboxylic acid groups (broad SMARTS) is 1.